The SMILES string of the molecule is CC(C)(C(=O)O)C(C)(C(=O)O)C(CSc1nc2ccccc2[nH]1)C(=O)O. The van der Waals surface area contributed by atoms with E-state index in [-0.39, 0.29) is 5.75 Å². The zero-order valence-corrected chi connectivity index (χ0v) is 15.3. The summed E-state index contributed by atoms with van der Waals surface area (Å²) < 4.78 is 0. The zero-order chi connectivity index (χ0) is 19.7. The van der Waals surface area contributed by atoms with Crippen LogP contribution in [0.3, 0.4) is 0 Å². The first-order valence-corrected chi connectivity index (χ1v) is 8.77. The van der Waals surface area contributed by atoms with E-state index >= 15 is 0 Å². The van der Waals surface area contributed by atoms with Gasteiger partial charge in [0.2, 0.25) is 0 Å². The molecule has 0 aliphatic rings. The van der Waals surface area contributed by atoms with Crippen LogP contribution in [0.25, 0.3) is 11.0 Å². The Balaban J connectivity index is 2.35. The molecule has 0 fully saturated rings. The quantitative estimate of drug-likeness (QED) is 0.512. The molecule has 1 heterocycles. The summed E-state index contributed by atoms with van der Waals surface area (Å²) >= 11 is 1.05. The molecule has 2 rings (SSSR count). The maximum Gasteiger partial charge on any atom is 0.311 e. The third-order valence-electron chi connectivity index (χ3n) is 5.03. The van der Waals surface area contributed by atoms with Gasteiger partial charge in [0.1, 0.15) is 0 Å². The first-order valence-electron chi connectivity index (χ1n) is 7.79. The minimum Gasteiger partial charge on any atom is -0.481 e. The number of aliphatic carboxylic acids is 3. The number of fused-ring (bicyclic) bond motifs is 1. The fourth-order valence-corrected chi connectivity index (χ4v) is 3.86. The van der Waals surface area contributed by atoms with Crippen molar-refractivity contribution < 1.29 is 29.7 Å². The lowest BCUT2D eigenvalue weighted by molar-refractivity contribution is -0.179. The summed E-state index contributed by atoms with van der Waals surface area (Å²) in [5.74, 6) is -5.80. The van der Waals surface area contributed by atoms with Gasteiger partial charge in [-0.2, -0.15) is 0 Å². The summed E-state index contributed by atoms with van der Waals surface area (Å²) in [6.45, 7) is 3.62. The van der Waals surface area contributed by atoms with E-state index in [1.54, 1.807) is 6.07 Å². The highest BCUT2D eigenvalue weighted by Crippen LogP contribution is 2.47. The first-order chi connectivity index (χ1) is 12.0. The number of imidazole rings is 1. The Morgan fingerprint density at radius 2 is 1.73 bits per heavy atom. The molecule has 0 saturated carbocycles. The van der Waals surface area contributed by atoms with E-state index in [2.05, 4.69) is 9.97 Å². The van der Waals surface area contributed by atoms with Gasteiger partial charge in [-0.15, -0.1) is 0 Å². The molecular weight excluding hydrogens is 360 g/mol. The van der Waals surface area contributed by atoms with Crippen molar-refractivity contribution in [3.05, 3.63) is 24.3 Å². The topological polar surface area (TPSA) is 141 Å². The number of benzene rings is 1. The number of aromatic amines is 1. The summed E-state index contributed by atoms with van der Waals surface area (Å²) in [6, 6.07) is 7.25. The number of hydrogen-bond acceptors (Lipinski definition) is 5. The smallest absolute Gasteiger partial charge is 0.311 e. The number of carboxylic acids is 3. The lowest BCUT2D eigenvalue weighted by Gasteiger charge is -2.41. The Labute approximate surface area is 153 Å². The van der Waals surface area contributed by atoms with Gasteiger partial charge in [0.25, 0.3) is 0 Å². The number of para-hydroxylation sites is 2. The summed E-state index contributed by atoms with van der Waals surface area (Å²) in [4.78, 5) is 42.7. The lowest BCUT2D eigenvalue weighted by atomic mass is 9.60. The van der Waals surface area contributed by atoms with Gasteiger partial charge in [-0.1, -0.05) is 23.9 Å². The Morgan fingerprint density at radius 3 is 2.23 bits per heavy atom. The molecular formula is C17H20N2O6S. The number of thioether (sulfide) groups is 1. The summed E-state index contributed by atoms with van der Waals surface area (Å²) in [5, 5.41) is 29.2. The molecule has 9 heteroatoms. The minimum absolute atomic E-state index is 0.144. The van der Waals surface area contributed by atoms with Gasteiger partial charge < -0.3 is 20.3 Å². The molecule has 2 aromatic rings. The van der Waals surface area contributed by atoms with E-state index in [9.17, 15) is 29.7 Å². The number of carbonyl (C=O) groups is 3. The van der Waals surface area contributed by atoms with Crippen molar-refractivity contribution >= 4 is 40.7 Å². The molecule has 2 atom stereocenters. The van der Waals surface area contributed by atoms with Gasteiger partial charge in [-0.3, -0.25) is 14.4 Å². The van der Waals surface area contributed by atoms with Crippen LogP contribution in [0.2, 0.25) is 0 Å². The number of nitrogens with zero attached hydrogens (tertiary/aromatic N) is 1. The van der Waals surface area contributed by atoms with Crippen LogP contribution < -0.4 is 0 Å². The summed E-state index contributed by atoms with van der Waals surface area (Å²) in [5.41, 5.74) is -2.34. The van der Waals surface area contributed by atoms with Crippen molar-refractivity contribution in [2.75, 3.05) is 5.75 Å². The predicted octanol–water partition coefficient (Wildman–Crippen LogP) is 2.56. The van der Waals surface area contributed by atoms with Crippen molar-refractivity contribution in [3.8, 4) is 0 Å². The number of hydrogen-bond donors (Lipinski definition) is 4. The Hall–Kier alpha value is -2.55. The molecule has 0 aliphatic carbocycles. The van der Waals surface area contributed by atoms with Gasteiger partial charge >= 0.3 is 17.9 Å². The average molecular weight is 380 g/mol. The second kappa shape index (κ2) is 6.99. The average Bonchev–Trinajstić information content (AvgIpc) is 2.96. The zero-order valence-electron chi connectivity index (χ0n) is 14.5. The van der Waals surface area contributed by atoms with Gasteiger partial charge in [0, 0.05) is 5.75 Å². The normalized spacial score (nSPS) is 15.3. The monoisotopic (exact) mass is 380 g/mol. The Morgan fingerprint density at radius 1 is 1.12 bits per heavy atom. The highest BCUT2D eigenvalue weighted by atomic mass is 32.2. The van der Waals surface area contributed by atoms with Crippen LogP contribution in [-0.4, -0.2) is 48.9 Å². The van der Waals surface area contributed by atoms with E-state index in [1.165, 1.54) is 20.8 Å². The number of nitrogens with one attached hydrogen (secondary N) is 1. The van der Waals surface area contributed by atoms with E-state index in [4.69, 9.17) is 0 Å². The maximum absolute atomic E-state index is 11.9. The molecule has 0 aliphatic heterocycles. The van der Waals surface area contributed by atoms with Crippen LogP contribution in [0.4, 0.5) is 0 Å². The second-order valence-corrected chi connectivity index (χ2v) is 7.71. The fourth-order valence-electron chi connectivity index (χ4n) is 2.72. The molecule has 26 heavy (non-hydrogen) atoms. The minimum atomic E-state index is -2.02. The fraction of sp³-hybridized carbons (Fsp3) is 0.412. The molecule has 8 nitrogen and oxygen atoms in total. The maximum atomic E-state index is 11.9. The van der Waals surface area contributed by atoms with Crippen molar-refractivity contribution in [2.24, 2.45) is 16.7 Å². The molecule has 0 spiro atoms. The van der Waals surface area contributed by atoms with Gasteiger partial charge in [-0.25, -0.2) is 4.98 Å². The standard InChI is InChI=1S/C17H20N2O6S/c1-16(2,13(22)23)17(3,14(24)25)9(12(20)21)8-26-15-18-10-6-4-5-7-11(10)19-15/h4-7,9H,8H2,1-3H3,(H,18,19)(H,20,21)(H,22,23)(H,24,25). The second-order valence-electron chi connectivity index (χ2n) is 6.70. The van der Waals surface area contributed by atoms with Crippen LogP contribution >= 0.6 is 11.8 Å². The first kappa shape index (κ1) is 19.8. The van der Waals surface area contributed by atoms with E-state index < -0.39 is 34.7 Å². The highest BCUT2D eigenvalue weighted by molar-refractivity contribution is 7.99. The molecule has 4 N–H and O–H groups in total. The van der Waals surface area contributed by atoms with Crippen molar-refractivity contribution in [1.29, 1.82) is 0 Å². The van der Waals surface area contributed by atoms with Gasteiger partial charge in [0.05, 0.1) is 27.8 Å². The number of aromatic nitrogens is 2. The summed E-state index contributed by atoms with van der Waals surface area (Å²) in [7, 11) is 0. The predicted molar refractivity (Wildman–Crippen MR) is 95.1 cm³/mol. The van der Waals surface area contributed by atoms with E-state index in [0.717, 1.165) is 17.3 Å². The van der Waals surface area contributed by atoms with Crippen molar-refractivity contribution in [2.45, 2.75) is 25.9 Å². The Bertz CT molecular complexity index is 829. The molecule has 1 aromatic carbocycles. The van der Waals surface area contributed by atoms with Crippen molar-refractivity contribution in [3.63, 3.8) is 0 Å². The largest absolute Gasteiger partial charge is 0.481 e. The molecule has 2 unspecified atom stereocenters. The van der Waals surface area contributed by atoms with Crippen LogP contribution in [0.5, 0.6) is 0 Å². The van der Waals surface area contributed by atoms with Crippen molar-refractivity contribution in [1.82, 2.24) is 9.97 Å². The lowest BCUT2D eigenvalue weighted by Crippen LogP contribution is -2.54. The molecule has 140 valence electrons. The van der Waals surface area contributed by atoms with Crippen LogP contribution in [0.15, 0.2) is 29.4 Å². The molecule has 0 amide bonds. The number of rotatable bonds is 8. The molecule has 0 saturated heterocycles. The van der Waals surface area contributed by atoms with Gasteiger partial charge in [-0.05, 0) is 32.9 Å². The highest BCUT2D eigenvalue weighted by Gasteiger charge is 2.59. The van der Waals surface area contributed by atoms with Gasteiger partial charge in [0.15, 0.2) is 5.16 Å². The summed E-state index contributed by atoms with van der Waals surface area (Å²) in [6.07, 6.45) is 0. The van der Waals surface area contributed by atoms with Crippen LogP contribution in [0.1, 0.15) is 20.8 Å². The molecule has 0 bridgehead atoms. The third-order valence-corrected chi connectivity index (χ3v) is 5.99. The third kappa shape index (κ3) is 3.26. The van der Waals surface area contributed by atoms with Crippen LogP contribution in [0, 0.1) is 16.7 Å². The molecule has 1 aromatic heterocycles. The molecule has 0 radical (unpaired) electrons. The number of H-pyrrole nitrogens is 1. The Kier molecular flexibility index (Phi) is 5.31. The van der Waals surface area contributed by atoms with E-state index in [1.807, 2.05) is 18.2 Å². The van der Waals surface area contributed by atoms with E-state index in [0.29, 0.717) is 10.7 Å². The number of carboxylic acid groups (broad SMARTS) is 3. The van der Waals surface area contributed by atoms with Crippen LogP contribution in [-0.2, 0) is 14.4 Å².